The fourth-order valence-electron chi connectivity index (χ4n) is 3.04. The van der Waals surface area contributed by atoms with Gasteiger partial charge in [0.1, 0.15) is 40.1 Å². The number of hydrogen-bond acceptors (Lipinski definition) is 10. The van der Waals surface area contributed by atoms with Gasteiger partial charge in [-0.3, -0.25) is 0 Å². The molecule has 35 heavy (non-hydrogen) atoms. The van der Waals surface area contributed by atoms with E-state index in [9.17, 15) is 16.8 Å². The summed E-state index contributed by atoms with van der Waals surface area (Å²) in [4.78, 5) is 0. The zero-order chi connectivity index (χ0) is 26.2. The van der Waals surface area contributed by atoms with Crippen LogP contribution in [0.2, 0.25) is 0 Å². The van der Waals surface area contributed by atoms with Crippen molar-refractivity contribution in [1.82, 2.24) is 4.13 Å². The summed E-state index contributed by atoms with van der Waals surface area (Å²) in [5.41, 5.74) is 0.531. The van der Waals surface area contributed by atoms with Gasteiger partial charge in [0.2, 0.25) is 10.0 Å². The maximum atomic E-state index is 12.6. The van der Waals surface area contributed by atoms with Crippen molar-refractivity contribution in [2.24, 2.45) is 0 Å². The SMILES string of the molecule is COc1cc(OC)c(C#CS(=O)(=O)NS(=O)(=O)CCc2c(OC)cc(OC)cc2OC)c(OC)c1. The summed E-state index contributed by atoms with van der Waals surface area (Å²) in [6.07, 6.45) is -0.102. The Kier molecular flexibility index (Phi) is 9.47. The number of benzene rings is 2. The van der Waals surface area contributed by atoms with Crippen LogP contribution in [0.5, 0.6) is 34.5 Å². The quantitative estimate of drug-likeness (QED) is 0.427. The van der Waals surface area contributed by atoms with Gasteiger partial charge in [0.25, 0.3) is 10.0 Å². The molecule has 0 unspecified atom stereocenters. The van der Waals surface area contributed by atoms with Crippen molar-refractivity contribution in [2.75, 3.05) is 48.4 Å². The normalized spacial score (nSPS) is 11.1. The van der Waals surface area contributed by atoms with E-state index in [0.717, 1.165) is 0 Å². The van der Waals surface area contributed by atoms with Crippen LogP contribution >= 0.6 is 0 Å². The Labute approximate surface area is 205 Å². The highest BCUT2D eigenvalue weighted by molar-refractivity contribution is 8.07. The van der Waals surface area contributed by atoms with Gasteiger partial charge in [-0.15, -0.1) is 0 Å². The molecule has 0 aliphatic rings. The summed E-state index contributed by atoms with van der Waals surface area (Å²) < 4.78 is 82.9. The van der Waals surface area contributed by atoms with Gasteiger partial charge in [0.05, 0.1) is 53.7 Å². The second-order valence-corrected chi connectivity index (χ2v) is 10.3. The highest BCUT2D eigenvalue weighted by Crippen LogP contribution is 2.35. The molecule has 0 spiro atoms. The van der Waals surface area contributed by atoms with Gasteiger partial charge < -0.3 is 28.4 Å². The summed E-state index contributed by atoms with van der Waals surface area (Å²) >= 11 is 0. The molecule has 0 amide bonds. The minimum absolute atomic E-state index is 0.102. The monoisotopic (exact) mass is 529 g/mol. The first kappa shape index (κ1) is 27.9. The van der Waals surface area contributed by atoms with Crippen molar-refractivity contribution in [2.45, 2.75) is 6.42 Å². The third kappa shape index (κ3) is 7.32. The Morgan fingerprint density at radius 1 is 0.686 bits per heavy atom. The van der Waals surface area contributed by atoms with Gasteiger partial charge in [-0.05, 0) is 12.3 Å². The second-order valence-electron chi connectivity index (χ2n) is 6.80. The fourth-order valence-corrected chi connectivity index (χ4v) is 5.58. The van der Waals surface area contributed by atoms with Crippen LogP contribution in [0.25, 0.3) is 0 Å². The van der Waals surface area contributed by atoms with Crippen molar-refractivity contribution in [3.8, 4) is 45.7 Å². The smallest absolute Gasteiger partial charge is 0.293 e. The van der Waals surface area contributed by atoms with E-state index in [2.05, 4.69) is 5.92 Å². The van der Waals surface area contributed by atoms with E-state index in [-0.39, 0.29) is 23.5 Å². The predicted molar refractivity (Wildman–Crippen MR) is 129 cm³/mol. The Hall–Kier alpha value is -3.34. The Morgan fingerprint density at radius 3 is 1.51 bits per heavy atom. The average Bonchev–Trinajstić information content (AvgIpc) is 2.84. The van der Waals surface area contributed by atoms with Crippen molar-refractivity contribution >= 4 is 20.0 Å². The molecule has 13 heteroatoms. The zero-order valence-electron chi connectivity index (χ0n) is 20.1. The van der Waals surface area contributed by atoms with E-state index in [1.165, 1.54) is 54.8 Å². The Morgan fingerprint density at radius 2 is 1.11 bits per heavy atom. The van der Waals surface area contributed by atoms with E-state index >= 15 is 0 Å². The van der Waals surface area contributed by atoms with Gasteiger partial charge in [0.15, 0.2) is 0 Å². The molecular weight excluding hydrogens is 502 g/mol. The van der Waals surface area contributed by atoms with Gasteiger partial charge in [-0.2, -0.15) is 8.42 Å². The molecule has 0 atom stereocenters. The highest BCUT2D eigenvalue weighted by atomic mass is 32.3. The molecular formula is C22H27NO10S2. The highest BCUT2D eigenvalue weighted by Gasteiger charge is 2.22. The maximum Gasteiger partial charge on any atom is 0.293 e. The molecule has 0 radical (unpaired) electrons. The molecule has 1 N–H and O–H groups in total. The van der Waals surface area contributed by atoms with Crippen LogP contribution in [0.1, 0.15) is 11.1 Å². The third-order valence-electron chi connectivity index (χ3n) is 4.70. The summed E-state index contributed by atoms with van der Waals surface area (Å²) in [6, 6.07) is 6.10. The molecule has 0 aromatic heterocycles. The number of rotatable bonds is 11. The molecule has 0 heterocycles. The molecule has 0 bridgehead atoms. The van der Waals surface area contributed by atoms with Crippen LogP contribution in [0.15, 0.2) is 24.3 Å². The number of ether oxygens (including phenoxy) is 6. The Bertz CT molecular complexity index is 1280. The first-order valence-electron chi connectivity index (χ1n) is 9.90. The lowest BCUT2D eigenvalue weighted by Gasteiger charge is -2.15. The molecule has 0 aliphatic carbocycles. The number of nitrogens with one attached hydrogen (secondary N) is 1. The van der Waals surface area contributed by atoms with Crippen LogP contribution in [-0.2, 0) is 26.5 Å². The van der Waals surface area contributed by atoms with Crippen LogP contribution in [0, 0.1) is 11.2 Å². The van der Waals surface area contributed by atoms with Crippen molar-refractivity contribution in [3.63, 3.8) is 0 Å². The molecule has 2 aromatic carbocycles. The van der Waals surface area contributed by atoms with Crippen LogP contribution in [-0.4, -0.2) is 65.2 Å². The first-order chi connectivity index (χ1) is 16.5. The van der Waals surface area contributed by atoms with E-state index in [0.29, 0.717) is 28.6 Å². The molecule has 2 rings (SSSR count). The molecule has 0 aliphatic heterocycles. The second kappa shape index (κ2) is 11.9. The molecule has 11 nitrogen and oxygen atoms in total. The van der Waals surface area contributed by atoms with Gasteiger partial charge in [-0.25, -0.2) is 8.42 Å². The van der Waals surface area contributed by atoms with Crippen LogP contribution in [0.3, 0.4) is 0 Å². The van der Waals surface area contributed by atoms with Crippen molar-refractivity contribution in [3.05, 3.63) is 35.4 Å². The van der Waals surface area contributed by atoms with E-state index in [1.54, 1.807) is 16.3 Å². The summed E-state index contributed by atoms with van der Waals surface area (Å²) in [5.74, 6) is 3.70. The van der Waals surface area contributed by atoms with Gasteiger partial charge >= 0.3 is 0 Å². The lowest BCUT2D eigenvalue weighted by atomic mass is 10.1. The third-order valence-corrected chi connectivity index (χ3v) is 7.71. The van der Waals surface area contributed by atoms with Crippen molar-refractivity contribution in [1.29, 1.82) is 0 Å². The lowest BCUT2D eigenvalue weighted by molar-refractivity contribution is 0.369. The average molecular weight is 530 g/mol. The van der Waals surface area contributed by atoms with Crippen LogP contribution < -0.4 is 32.5 Å². The summed E-state index contributed by atoms with van der Waals surface area (Å²) in [6.45, 7) is 0. The number of methoxy groups -OCH3 is 6. The zero-order valence-corrected chi connectivity index (χ0v) is 21.8. The van der Waals surface area contributed by atoms with Crippen molar-refractivity contribution < 1.29 is 45.3 Å². The van der Waals surface area contributed by atoms with Crippen LogP contribution in [0.4, 0.5) is 0 Å². The molecule has 2 aromatic rings. The fraction of sp³-hybridized carbons (Fsp3) is 0.364. The summed E-state index contributed by atoms with van der Waals surface area (Å²) in [7, 11) is -0.448. The molecule has 0 saturated heterocycles. The Balaban J connectivity index is 2.29. The van der Waals surface area contributed by atoms with E-state index < -0.39 is 25.8 Å². The largest absolute Gasteiger partial charge is 0.496 e. The predicted octanol–water partition coefficient (Wildman–Crippen LogP) is 1.54. The van der Waals surface area contributed by atoms with Gasteiger partial charge in [-0.1, -0.05) is 4.13 Å². The standard InChI is InChI=1S/C22H27NO10S2/c1-28-15-11-19(30-3)17(20(12-15)31-4)7-9-34(24,25)23-35(26,27)10-8-18-21(32-5)13-16(29-2)14-22(18)33-6/h11-14,23H,7,9H2,1-6H3. The van der Waals surface area contributed by atoms with E-state index in [1.807, 2.05) is 5.25 Å². The minimum Gasteiger partial charge on any atom is -0.496 e. The number of sulfonamides is 2. The summed E-state index contributed by atoms with van der Waals surface area (Å²) in [5, 5.41) is 1.94. The molecule has 0 fully saturated rings. The topological polar surface area (TPSA) is 136 Å². The molecule has 0 saturated carbocycles. The number of hydrogen-bond donors (Lipinski definition) is 1. The first-order valence-corrected chi connectivity index (χ1v) is 13.0. The molecule has 192 valence electrons. The van der Waals surface area contributed by atoms with E-state index in [4.69, 9.17) is 28.4 Å². The lowest BCUT2D eigenvalue weighted by Crippen LogP contribution is -2.32. The van der Waals surface area contributed by atoms with Gasteiger partial charge in [0, 0.05) is 29.8 Å². The minimum atomic E-state index is -4.57. The maximum absolute atomic E-state index is 12.6.